The lowest BCUT2D eigenvalue weighted by Gasteiger charge is -2.38. The molecule has 3 rings (SSSR count). The number of aliphatic imine (C=N–C) groups is 1. The van der Waals surface area contributed by atoms with Crippen LogP contribution in [0.25, 0.3) is 0 Å². The number of amidine groups is 1. The van der Waals surface area contributed by atoms with Crippen LogP contribution in [0.5, 0.6) is 5.75 Å². The van der Waals surface area contributed by atoms with Gasteiger partial charge in [-0.05, 0) is 51.1 Å². The van der Waals surface area contributed by atoms with Crippen molar-refractivity contribution in [1.82, 2.24) is 4.98 Å². The van der Waals surface area contributed by atoms with Gasteiger partial charge in [0, 0.05) is 11.3 Å². The van der Waals surface area contributed by atoms with Crippen molar-refractivity contribution in [2.24, 2.45) is 10.7 Å². The lowest BCUT2D eigenvalue weighted by Crippen LogP contribution is -2.55. The number of carbonyl (C=O) groups is 1. The molecule has 2 aromatic rings. The first-order valence-electron chi connectivity index (χ1n) is 8.70. The van der Waals surface area contributed by atoms with Gasteiger partial charge < -0.3 is 16.2 Å². The summed E-state index contributed by atoms with van der Waals surface area (Å²) in [6.07, 6.45) is 1.12. The summed E-state index contributed by atoms with van der Waals surface area (Å²) in [5.74, 6) is -1.86. The molecule has 8 nitrogen and oxygen atoms in total. The fourth-order valence-corrected chi connectivity index (χ4v) is 4.70. The molecule has 0 aliphatic carbocycles. The van der Waals surface area contributed by atoms with Gasteiger partial charge in [0.25, 0.3) is 5.91 Å². The number of sulfone groups is 1. The van der Waals surface area contributed by atoms with Crippen molar-refractivity contribution in [2.75, 3.05) is 11.1 Å². The third kappa shape index (κ3) is 3.67. The quantitative estimate of drug-likeness (QED) is 0.695. The van der Waals surface area contributed by atoms with E-state index in [9.17, 15) is 22.7 Å². The van der Waals surface area contributed by atoms with E-state index in [1.165, 1.54) is 45.0 Å². The van der Waals surface area contributed by atoms with Crippen LogP contribution < -0.4 is 11.1 Å². The highest BCUT2D eigenvalue weighted by Crippen LogP contribution is 2.38. The number of anilines is 1. The Balaban J connectivity index is 1.98. The summed E-state index contributed by atoms with van der Waals surface area (Å²) >= 11 is 0. The summed E-state index contributed by atoms with van der Waals surface area (Å²) in [6.45, 7) is 4.40. The Hall–Kier alpha value is -3.01. The highest BCUT2D eigenvalue weighted by atomic mass is 32.2. The fraction of sp³-hybridized carbons (Fsp3) is 0.316. The first kappa shape index (κ1) is 20.7. The van der Waals surface area contributed by atoms with E-state index in [1.807, 2.05) is 0 Å². The normalized spacial score (nSPS) is 22.6. The summed E-state index contributed by atoms with van der Waals surface area (Å²) < 4.78 is 38.7. The SMILES string of the molecule is CC1(C)C(N)=N[C@](C)(c2cc(NC(=O)c3ccc(O)cn3)ccc2F)CS1(=O)=O. The number of halogens is 1. The topological polar surface area (TPSA) is 135 Å². The second-order valence-electron chi connectivity index (χ2n) is 7.59. The Morgan fingerprint density at radius 3 is 2.52 bits per heavy atom. The molecule has 4 N–H and O–H groups in total. The van der Waals surface area contributed by atoms with Crippen molar-refractivity contribution >= 4 is 27.3 Å². The van der Waals surface area contributed by atoms with Gasteiger partial charge >= 0.3 is 0 Å². The summed E-state index contributed by atoms with van der Waals surface area (Å²) in [4.78, 5) is 20.4. The largest absolute Gasteiger partial charge is 0.506 e. The second kappa shape index (κ2) is 6.80. The lowest BCUT2D eigenvalue weighted by atomic mass is 9.92. The third-order valence-corrected chi connectivity index (χ3v) is 7.72. The minimum atomic E-state index is -3.71. The number of benzene rings is 1. The summed E-state index contributed by atoms with van der Waals surface area (Å²) in [7, 11) is -3.71. The Kier molecular flexibility index (Phi) is 4.86. The van der Waals surface area contributed by atoms with Crippen LogP contribution in [0.1, 0.15) is 36.8 Å². The molecule has 0 radical (unpaired) electrons. The molecule has 0 bridgehead atoms. The number of rotatable bonds is 3. The van der Waals surface area contributed by atoms with Crippen molar-refractivity contribution in [3.8, 4) is 5.75 Å². The molecular formula is C19H21FN4O4S. The molecule has 1 aromatic carbocycles. The Bertz CT molecular complexity index is 1110. The van der Waals surface area contributed by atoms with E-state index in [0.29, 0.717) is 0 Å². The van der Waals surface area contributed by atoms with Crippen molar-refractivity contribution in [3.63, 3.8) is 0 Å². The van der Waals surface area contributed by atoms with E-state index in [2.05, 4.69) is 15.3 Å². The number of amides is 1. The van der Waals surface area contributed by atoms with Gasteiger partial charge in [-0.15, -0.1) is 0 Å². The fourth-order valence-electron chi connectivity index (χ4n) is 3.01. The van der Waals surface area contributed by atoms with Crippen molar-refractivity contribution in [3.05, 3.63) is 53.6 Å². The van der Waals surface area contributed by atoms with E-state index in [-0.39, 0.29) is 28.5 Å². The van der Waals surface area contributed by atoms with E-state index in [4.69, 9.17) is 5.73 Å². The van der Waals surface area contributed by atoms with E-state index >= 15 is 0 Å². The first-order valence-corrected chi connectivity index (χ1v) is 10.4. The van der Waals surface area contributed by atoms with Crippen LogP contribution in [-0.2, 0) is 15.4 Å². The number of aromatic hydroxyl groups is 1. The molecule has 10 heteroatoms. The zero-order valence-electron chi connectivity index (χ0n) is 16.1. The van der Waals surface area contributed by atoms with Crippen molar-refractivity contribution in [2.45, 2.75) is 31.1 Å². The molecule has 2 heterocycles. The van der Waals surface area contributed by atoms with E-state index < -0.39 is 37.6 Å². The molecule has 1 aliphatic rings. The van der Waals surface area contributed by atoms with Gasteiger partial charge in [-0.25, -0.2) is 17.8 Å². The number of nitrogens with zero attached hydrogens (tertiary/aromatic N) is 2. The monoisotopic (exact) mass is 420 g/mol. The molecule has 0 spiro atoms. The zero-order valence-corrected chi connectivity index (χ0v) is 16.9. The van der Waals surface area contributed by atoms with Crippen LogP contribution in [0.4, 0.5) is 10.1 Å². The molecule has 1 aliphatic heterocycles. The van der Waals surface area contributed by atoms with Gasteiger partial charge in [0.2, 0.25) is 0 Å². The van der Waals surface area contributed by atoms with E-state index in [1.54, 1.807) is 0 Å². The molecule has 154 valence electrons. The number of aromatic nitrogens is 1. The summed E-state index contributed by atoms with van der Waals surface area (Å²) in [5, 5.41) is 11.8. The van der Waals surface area contributed by atoms with Crippen LogP contribution >= 0.6 is 0 Å². The van der Waals surface area contributed by atoms with Crippen LogP contribution in [0.3, 0.4) is 0 Å². The van der Waals surface area contributed by atoms with Crippen LogP contribution in [0.2, 0.25) is 0 Å². The predicted molar refractivity (Wildman–Crippen MR) is 107 cm³/mol. The average molecular weight is 420 g/mol. The number of carbonyl (C=O) groups excluding carboxylic acids is 1. The maximum atomic E-state index is 14.6. The van der Waals surface area contributed by atoms with Gasteiger partial charge in [0.15, 0.2) is 9.84 Å². The molecule has 0 unspecified atom stereocenters. The predicted octanol–water partition coefficient (Wildman–Crippen LogP) is 1.96. The number of nitrogens with two attached hydrogens (primary N) is 1. The Morgan fingerprint density at radius 2 is 1.93 bits per heavy atom. The van der Waals surface area contributed by atoms with Gasteiger partial charge in [0.05, 0.1) is 11.9 Å². The number of hydrogen-bond donors (Lipinski definition) is 3. The maximum absolute atomic E-state index is 14.6. The molecule has 0 fully saturated rings. The molecule has 1 aromatic heterocycles. The van der Waals surface area contributed by atoms with Gasteiger partial charge in [0.1, 0.15) is 33.4 Å². The van der Waals surface area contributed by atoms with Gasteiger partial charge in [-0.3, -0.25) is 9.79 Å². The smallest absolute Gasteiger partial charge is 0.274 e. The Morgan fingerprint density at radius 1 is 1.24 bits per heavy atom. The minimum Gasteiger partial charge on any atom is -0.506 e. The molecule has 1 amide bonds. The summed E-state index contributed by atoms with van der Waals surface area (Å²) in [6, 6.07) is 6.44. The zero-order chi connectivity index (χ0) is 21.6. The molecule has 0 saturated carbocycles. The second-order valence-corrected chi connectivity index (χ2v) is 10.1. The standard InChI is InChI=1S/C19H21FN4O4S/c1-18(2)17(21)24-19(3,10-29(18,27)28)13-8-11(4-6-14(13)20)23-16(26)15-7-5-12(25)9-22-15/h4-9,25H,10H2,1-3H3,(H2,21,24)(H,23,26)/t19-/m0/s1. The number of hydrogen-bond acceptors (Lipinski definition) is 7. The van der Waals surface area contributed by atoms with Crippen LogP contribution in [-0.4, -0.2) is 40.8 Å². The molecule has 29 heavy (non-hydrogen) atoms. The lowest BCUT2D eigenvalue weighted by molar-refractivity contribution is 0.102. The maximum Gasteiger partial charge on any atom is 0.274 e. The average Bonchev–Trinajstić information content (AvgIpc) is 2.62. The van der Waals surface area contributed by atoms with Crippen LogP contribution in [0, 0.1) is 5.82 Å². The highest BCUT2D eigenvalue weighted by molar-refractivity contribution is 7.93. The molecule has 1 atom stereocenters. The van der Waals surface area contributed by atoms with Crippen molar-refractivity contribution in [1.29, 1.82) is 0 Å². The third-order valence-electron chi connectivity index (χ3n) is 5.02. The molecule has 0 saturated heterocycles. The first-order chi connectivity index (χ1) is 13.4. The Labute approximate surface area is 167 Å². The minimum absolute atomic E-state index is 0.00371. The molecular weight excluding hydrogens is 399 g/mol. The van der Waals surface area contributed by atoms with Crippen molar-refractivity contribution < 1.29 is 22.7 Å². The van der Waals surface area contributed by atoms with Crippen LogP contribution in [0.15, 0.2) is 41.5 Å². The number of nitrogens with one attached hydrogen (secondary N) is 1. The van der Waals surface area contributed by atoms with Gasteiger partial charge in [-0.1, -0.05) is 0 Å². The highest BCUT2D eigenvalue weighted by Gasteiger charge is 2.49. The summed E-state index contributed by atoms with van der Waals surface area (Å²) in [5.41, 5.74) is 4.74. The van der Waals surface area contributed by atoms with Gasteiger partial charge in [-0.2, -0.15) is 0 Å². The van der Waals surface area contributed by atoms with E-state index in [0.717, 1.165) is 12.3 Å². The number of pyridine rings is 1.